The predicted octanol–water partition coefficient (Wildman–Crippen LogP) is 6.86. The van der Waals surface area contributed by atoms with Gasteiger partial charge in [0.1, 0.15) is 23.9 Å². The van der Waals surface area contributed by atoms with Crippen LogP contribution < -0.4 is 4.48 Å². The van der Waals surface area contributed by atoms with Gasteiger partial charge in [-0.05, 0) is 57.2 Å². The molecule has 0 radical (unpaired) electrons. The molecule has 3 aromatic carbocycles. The molecule has 2 unspecified atom stereocenters. The molecule has 184 valence electrons. The van der Waals surface area contributed by atoms with Crippen LogP contribution >= 0.6 is 11.6 Å². The van der Waals surface area contributed by atoms with E-state index in [0.717, 1.165) is 38.9 Å². The van der Waals surface area contributed by atoms with Crippen LogP contribution in [0.3, 0.4) is 0 Å². The smallest absolute Gasteiger partial charge is 0.304 e. The topological polar surface area (TPSA) is 88.9 Å². The SMILES string of the molecule is Cc1ccc2c(c1)C(CC(=O)O)C(C)(C)[N+]2(c1ncnc2ccccc12)c1ncnc2cc(Cl)ccc12. The third-order valence-electron chi connectivity index (χ3n) is 7.75. The quantitative estimate of drug-likeness (QED) is 0.266. The van der Waals surface area contributed by atoms with Crippen molar-refractivity contribution in [1.29, 1.82) is 0 Å². The lowest BCUT2D eigenvalue weighted by molar-refractivity contribution is -0.137. The van der Waals surface area contributed by atoms with Gasteiger partial charge in [0.25, 0.3) is 11.6 Å². The summed E-state index contributed by atoms with van der Waals surface area (Å²) in [4.78, 5) is 31.1. The van der Waals surface area contributed by atoms with Crippen molar-refractivity contribution in [2.24, 2.45) is 0 Å². The first kappa shape index (κ1) is 23.5. The van der Waals surface area contributed by atoms with Crippen molar-refractivity contribution in [2.75, 3.05) is 0 Å². The molecule has 37 heavy (non-hydrogen) atoms. The number of aromatic nitrogens is 4. The van der Waals surface area contributed by atoms with Crippen molar-refractivity contribution >= 4 is 56.7 Å². The Morgan fingerprint density at radius 3 is 2.32 bits per heavy atom. The average molecular weight is 511 g/mol. The van der Waals surface area contributed by atoms with Crippen molar-refractivity contribution < 1.29 is 9.90 Å². The van der Waals surface area contributed by atoms with Crippen LogP contribution in [0.25, 0.3) is 21.8 Å². The number of halogens is 1. The Bertz CT molecular complexity index is 1710. The minimum absolute atomic E-state index is 0.0265. The van der Waals surface area contributed by atoms with E-state index >= 15 is 0 Å². The monoisotopic (exact) mass is 510 g/mol. The summed E-state index contributed by atoms with van der Waals surface area (Å²) in [6, 6.07) is 19.7. The highest BCUT2D eigenvalue weighted by Gasteiger charge is 2.64. The lowest BCUT2D eigenvalue weighted by Gasteiger charge is -2.44. The minimum atomic E-state index is -0.850. The number of para-hydroxylation sites is 1. The van der Waals surface area contributed by atoms with Gasteiger partial charge < -0.3 is 5.11 Å². The fourth-order valence-electron chi connectivity index (χ4n) is 6.13. The number of aliphatic carboxylic acids is 1. The summed E-state index contributed by atoms with van der Waals surface area (Å²) >= 11 is 6.34. The van der Waals surface area contributed by atoms with Crippen molar-refractivity contribution in [2.45, 2.75) is 38.6 Å². The van der Waals surface area contributed by atoms with Gasteiger partial charge in [0, 0.05) is 16.7 Å². The number of benzene rings is 3. The zero-order valence-electron chi connectivity index (χ0n) is 20.7. The maximum absolute atomic E-state index is 12.2. The molecular weight excluding hydrogens is 486 g/mol. The van der Waals surface area contributed by atoms with E-state index in [1.165, 1.54) is 0 Å². The standard InChI is InChI=1S/C29H24ClN5O2/c1-17-8-11-25-21(12-17)22(14-26(36)37)29(2,3)35(25,27-19-6-4-5-7-23(19)31-15-33-27)28-20-10-9-18(30)13-24(20)32-16-34-28/h4-13,15-16,22H,14H2,1-3H3/p+1. The van der Waals surface area contributed by atoms with E-state index in [1.807, 2.05) is 49.4 Å². The fraction of sp³-hybridized carbons (Fsp3) is 0.207. The van der Waals surface area contributed by atoms with Gasteiger partial charge >= 0.3 is 5.97 Å². The Morgan fingerprint density at radius 2 is 1.59 bits per heavy atom. The van der Waals surface area contributed by atoms with Crippen LogP contribution in [-0.4, -0.2) is 36.6 Å². The van der Waals surface area contributed by atoms with Gasteiger partial charge in [-0.15, -0.1) is 0 Å². The summed E-state index contributed by atoms with van der Waals surface area (Å²) in [7, 11) is 0. The molecule has 2 atom stereocenters. The van der Waals surface area contributed by atoms with E-state index in [9.17, 15) is 9.90 Å². The molecule has 1 N–H and O–H groups in total. The van der Waals surface area contributed by atoms with Crippen LogP contribution in [0.2, 0.25) is 5.02 Å². The highest BCUT2D eigenvalue weighted by molar-refractivity contribution is 6.31. The number of carbonyl (C=O) groups is 1. The molecule has 0 saturated carbocycles. The maximum Gasteiger partial charge on any atom is 0.304 e. The Balaban J connectivity index is 1.85. The number of carboxylic acids is 1. The first-order chi connectivity index (χ1) is 17.7. The molecule has 0 aliphatic carbocycles. The van der Waals surface area contributed by atoms with Crippen LogP contribution in [0.5, 0.6) is 0 Å². The van der Waals surface area contributed by atoms with Gasteiger partial charge in [0.2, 0.25) is 0 Å². The molecule has 5 aromatic rings. The molecule has 7 nitrogen and oxygen atoms in total. The van der Waals surface area contributed by atoms with Gasteiger partial charge in [-0.3, -0.25) is 4.79 Å². The predicted molar refractivity (Wildman–Crippen MR) is 145 cm³/mol. The molecule has 3 heterocycles. The summed E-state index contributed by atoms with van der Waals surface area (Å²) in [6.45, 7) is 6.24. The zero-order valence-corrected chi connectivity index (χ0v) is 21.4. The minimum Gasteiger partial charge on any atom is -0.481 e. The Morgan fingerprint density at radius 1 is 0.919 bits per heavy atom. The fourth-order valence-corrected chi connectivity index (χ4v) is 6.30. The van der Waals surface area contributed by atoms with Gasteiger partial charge in [-0.25, -0.2) is 9.97 Å². The highest BCUT2D eigenvalue weighted by Crippen LogP contribution is 2.63. The molecular formula is C29H25ClN5O2+. The summed E-state index contributed by atoms with van der Waals surface area (Å²) in [5, 5.41) is 12.3. The van der Waals surface area contributed by atoms with Crippen molar-refractivity contribution in [1.82, 2.24) is 24.4 Å². The summed E-state index contributed by atoms with van der Waals surface area (Å²) in [6.07, 6.45) is 3.10. The van der Waals surface area contributed by atoms with Crippen LogP contribution in [-0.2, 0) is 4.79 Å². The number of aryl methyl sites for hydroxylation is 1. The van der Waals surface area contributed by atoms with E-state index in [4.69, 9.17) is 21.6 Å². The van der Waals surface area contributed by atoms with E-state index in [-0.39, 0.29) is 16.8 Å². The Kier molecular flexibility index (Phi) is 5.26. The summed E-state index contributed by atoms with van der Waals surface area (Å²) in [5.41, 5.74) is 3.80. The molecule has 1 aliphatic heterocycles. The third-order valence-corrected chi connectivity index (χ3v) is 7.99. The molecule has 0 fully saturated rings. The number of quaternary nitrogens is 1. The second kappa shape index (κ2) is 8.30. The number of fused-ring (bicyclic) bond motifs is 3. The second-order valence-electron chi connectivity index (χ2n) is 10.1. The second-order valence-corrected chi connectivity index (χ2v) is 10.5. The molecule has 0 saturated heterocycles. The first-order valence-electron chi connectivity index (χ1n) is 12.1. The van der Waals surface area contributed by atoms with Crippen LogP contribution in [0.1, 0.15) is 37.3 Å². The average Bonchev–Trinajstić information content (AvgIpc) is 3.06. The van der Waals surface area contributed by atoms with Crippen LogP contribution in [0.15, 0.2) is 73.3 Å². The first-order valence-corrected chi connectivity index (χ1v) is 12.5. The Hall–Kier alpha value is -3.94. The van der Waals surface area contributed by atoms with Gasteiger partial charge in [0.15, 0.2) is 0 Å². The van der Waals surface area contributed by atoms with Crippen molar-refractivity contribution in [3.63, 3.8) is 0 Å². The van der Waals surface area contributed by atoms with E-state index in [0.29, 0.717) is 16.4 Å². The maximum atomic E-state index is 12.2. The molecule has 8 heteroatoms. The zero-order chi connectivity index (χ0) is 25.9. The van der Waals surface area contributed by atoms with E-state index in [2.05, 4.69) is 42.0 Å². The van der Waals surface area contributed by atoms with Gasteiger partial charge in [-0.1, -0.05) is 35.4 Å². The molecule has 6 rings (SSSR count). The number of nitrogens with zero attached hydrogens (tertiary/aromatic N) is 5. The summed E-state index contributed by atoms with van der Waals surface area (Å²) in [5.74, 6) is 0.292. The normalized spacial score (nSPS) is 20.3. The van der Waals surface area contributed by atoms with E-state index < -0.39 is 11.5 Å². The van der Waals surface area contributed by atoms with Gasteiger partial charge in [0.05, 0.1) is 34.1 Å². The van der Waals surface area contributed by atoms with Gasteiger partial charge in [-0.2, -0.15) is 14.5 Å². The van der Waals surface area contributed by atoms with Crippen molar-refractivity contribution in [3.05, 3.63) is 89.5 Å². The molecule has 1 aliphatic rings. The van der Waals surface area contributed by atoms with Crippen LogP contribution in [0, 0.1) is 6.92 Å². The number of hydrogen-bond donors (Lipinski definition) is 1. The van der Waals surface area contributed by atoms with Crippen molar-refractivity contribution in [3.8, 4) is 0 Å². The molecule has 0 spiro atoms. The largest absolute Gasteiger partial charge is 0.481 e. The number of rotatable bonds is 4. The lowest BCUT2D eigenvalue weighted by atomic mass is 9.81. The molecule has 0 bridgehead atoms. The van der Waals surface area contributed by atoms with Crippen LogP contribution in [0.4, 0.5) is 17.3 Å². The Labute approximate surface area is 219 Å². The van der Waals surface area contributed by atoms with E-state index in [1.54, 1.807) is 12.7 Å². The third kappa shape index (κ3) is 3.27. The number of carboxylic acid groups (broad SMARTS) is 1. The highest BCUT2D eigenvalue weighted by atomic mass is 35.5. The summed E-state index contributed by atoms with van der Waals surface area (Å²) < 4.78 is 0.115. The molecule has 0 amide bonds. The number of hydrogen-bond acceptors (Lipinski definition) is 5. The molecule has 2 aromatic heterocycles. The lowest BCUT2D eigenvalue weighted by Crippen LogP contribution is -2.56.